The molecule has 0 aromatic carbocycles. The summed E-state index contributed by atoms with van der Waals surface area (Å²) in [7, 11) is 0. The van der Waals surface area contributed by atoms with E-state index in [-0.39, 0.29) is 0 Å². The number of thioether (sulfide) groups is 1. The van der Waals surface area contributed by atoms with Gasteiger partial charge in [0.2, 0.25) is 0 Å². The lowest BCUT2D eigenvalue weighted by atomic mass is 10.1. The third-order valence-electron chi connectivity index (χ3n) is 4.39. The zero-order valence-corrected chi connectivity index (χ0v) is 11.8. The fraction of sp³-hybridized carbons (Fsp3) is 1.00. The first kappa shape index (κ1) is 12.3. The van der Waals surface area contributed by atoms with Gasteiger partial charge >= 0.3 is 0 Å². The van der Waals surface area contributed by atoms with Crippen molar-refractivity contribution in [2.45, 2.75) is 43.9 Å². The van der Waals surface area contributed by atoms with Crippen LogP contribution in [0.2, 0.25) is 0 Å². The van der Waals surface area contributed by atoms with Gasteiger partial charge < -0.3 is 10.2 Å². The molecule has 2 saturated carbocycles. The van der Waals surface area contributed by atoms with E-state index in [1.807, 2.05) is 0 Å². The molecule has 0 aromatic rings. The highest BCUT2D eigenvalue weighted by Crippen LogP contribution is 2.44. The van der Waals surface area contributed by atoms with Gasteiger partial charge in [-0.05, 0) is 37.5 Å². The fourth-order valence-corrected chi connectivity index (χ4v) is 4.19. The zero-order chi connectivity index (χ0) is 11.7. The Morgan fingerprint density at radius 1 is 1.24 bits per heavy atom. The van der Waals surface area contributed by atoms with Crippen molar-refractivity contribution < 1.29 is 0 Å². The molecular weight excluding hydrogens is 228 g/mol. The average molecular weight is 254 g/mol. The predicted octanol–water partition coefficient (Wildman–Crippen LogP) is 2.20. The van der Waals surface area contributed by atoms with Gasteiger partial charge in [0.25, 0.3) is 0 Å². The van der Waals surface area contributed by atoms with Crippen LogP contribution in [0.1, 0.15) is 32.6 Å². The SMILES string of the molecule is CC1CN(CCNC(C2CC2)C2CC2)CCS1. The van der Waals surface area contributed by atoms with E-state index in [2.05, 4.69) is 28.9 Å². The lowest BCUT2D eigenvalue weighted by Crippen LogP contribution is -2.43. The van der Waals surface area contributed by atoms with Crippen molar-refractivity contribution in [2.24, 2.45) is 11.8 Å². The Labute approximate surface area is 110 Å². The van der Waals surface area contributed by atoms with E-state index < -0.39 is 0 Å². The first-order valence-corrected chi connectivity index (χ1v) is 8.45. The minimum absolute atomic E-state index is 0.839. The second-order valence-electron chi connectivity index (χ2n) is 6.14. The van der Waals surface area contributed by atoms with Crippen molar-refractivity contribution in [3.63, 3.8) is 0 Å². The van der Waals surface area contributed by atoms with Gasteiger partial charge in [-0.3, -0.25) is 0 Å². The Bertz CT molecular complexity index is 239. The van der Waals surface area contributed by atoms with E-state index in [1.54, 1.807) is 0 Å². The van der Waals surface area contributed by atoms with Gasteiger partial charge in [0.1, 0.15) is 0 Å². The van der Waals surface area contributed by atoms with Gasteiger partial charge in [0.05, 0.1) is 0 Å². The van der Waals surface area contributed by atoms with Gasteiger partial charge in [0, 0.05) is 43.2 Å². The second-order valence-corrected chi connectivity index (χ2v) is 7.68. The minimum Gasteiger partial charge on any atom is -0.312 e. The fourth-order valence-electron chi connectivity index (χ4n) is 3.11. The molecule has 0 radical (unpaired) electrons. The molecule has 1 aliphatic heterocycles. The van der Waals surface area contributed by atoms with Crippen molar-refractivity contribution >= 4 is 11.8 Å². The molecule has 1 N–H and O–H groups in total. The molecule has 0 amide bonds. The maximum absolute atomic E-state index is 3.86. The van der Waals surface area contributed by atoms with Crippen molar-refractivity contribution in [1.82, 2.24) is 10.2 Å². The number of hydrogen-bond donors (Lipinski definition) is 1. The third-order valence-corrected chi connectivity index (χ3v) is 5.53. The Kier molecular flexibility index (Phi) is 3.98. The largest absolute Gasteiger partial charge is 0.312 e. The number of rotatable bonds is 6. The summed E-state index contributed by atoms with van der Waals surface area (Å²) in [5.41, 5.74) is 0. The van der Waals surface area contributed by atoms with Crippen molar-refractivity contribution in [3.8, 4) is 0 Å². The molecule has 1 saturated heterocycles. The molecule has 1 atom stereocenters. The summed E-state index contributed by atoms with van der Waals surface area (Å²) in [4.78, 5) is 2.64. The Morgan fingerprint density at radius 3 is 2.53 bits per heavy atom. The average Bonchev–Trinajstić information content (AvgIpc) is 3.15. The summed E-state index contributed by atoms with van der Waals surface area (Å²) in [6.45, 7) is 7.44. The smallest absolute Gasteiger partial charge is 0.0147 e. The van der Waals surface area contributed by atoms with Crippen LogP contribution in [0.15, 0.2) is 0 Å². The number of nitrogens with one attached hydrogen (secondary N) is 1. The zero-order valence-electron chi connectivity index (χ0n) is 11.0. The predicted molar refractivity (Wildman–Crippen MR) is 75.6 cm³/mol. The quantitative estimate of drug-likeness (QED) is 0.782. The molecule has 98 valence electrons. The second kappa shape index (κ2) is 5.50. The molecule has 2 nitrogen and oxygen atoms in total. The highest BCUT2D eigenvalue weighted by molar-refractivity contribution is 7.99. The molecule has 3 heteroatoms. The van der Waals surface area contributed by atoms with E-state index >= 15 is 0 Å². The van der Waals surface area contributed by atoms with Crippen LogP contribution in [0.4, 0.5) is 0 Å². The molecule has 2 aliphatic carbocycles. The van der Waals surface area contributed by atoms with Gasteiger partial charge in [-0.1, -0.05) is 6.92 Å². The van der Waals surface area contributed by atoms with Crippen LogP contribution in [-0.2, 0) is 0 Å². The number of nitrogens with zero attached hydrogens (tertiary/aromatic N) is 1. The van der Waals surface area contributed by atoms with E-state index in [9.17, 15) is 0 Å². The topological polar surface area (TPSA) is 15.3 Å². The van der Waals surface area contributed by atoms with Crippen molar-refractivity contribution in [1.29, 1.82) is 0 Å². The molecular formula is C14H26N2S. The van der Waals surface area contributed by atoms with Crippen LogP contribution in [0.3, 0.4) is 0 Å². The number of hydrogen-bond acceptors (Lipinski definition) is 3. The monoisotopic (exact) mass is 254 g/mol. The van der Waals surface area contributed by atoms with Gasteiger partial charge in [-0.2, -0.15) is 11.8 Å². The van der Waals surface area contributed by atoms with Crippen molar-refractivity contribution in [3.05, 3.63) is 0 Å². The lowest BCUT2D eigenvalue weighted by molar-refractivity contribution is 0.274. The first-order chi connectivity index (χ1) is 8.33. The molecule has 17 heavy (non-hydrogen) atoms. The molecule has 3 aliphatic rings. The molecule has 0 bridgehead atoms. The molecule has 1 heterocycles. The summed E-state index contributed by atoms with van der Waals surface area (Å²) in [5.74, 6) is 3.41. The van der Waals surface area contributed by atoms with E-state index in [0.717, 1.165) is 23.1 Å². The maximum atomic E-state index is 3.86. The summed E-state index contributed by atoms with van der Waals surface area (Å²) in [6.07, 6.45) is 5.97. The van der Waals surface area contributed by atoms with Crippen LogP contribution in [0.25, 0.3) is 0 Å². The summed E-state index contributed by atoms with van der Waals surface area (Å²) < 4.78 is 0. The van der Waals surface area contributed by atoms with E-state index in [1.165, 1.54) is 57.6 Å². The van der Waals surface area contributed by atoms with Crippen LogP contribution in [0, 0.1) is 11.8 Å². The highest BCUT2D eigenvalue weighted by atomic mass is 32.2. The van der Waals surface area contributed by atoms with Gasteiger partial charge in [0.15, 0.2) is 0 Å². The minimum atomic E-state index is 0.839. The molecule has 0 aromatic heterocycles. The van der Waals surface area contributed by atoms with E-state index in [4.69, 9.17) is 0 Å². The standard InChI is InChI=1S/C14H26N2S/c1-11-10-16(8-9-17-11)7-6-15-14(12-2-3-12)13-4-5-13/h11-15H,2-10H2,1H3. The highest BCUT2D eigenvalue weighted by Gasteiger charge is 2.40. The lowest BCUT2D eigenvalue weighted by Gasteiger charge is -2.31. The summed E-state index contributed by atoms with van der Waals surface area (Å²) in [6, 6.07) is 0.881. The summed E-state index contributed by atoms with van der Waals surface area (Å²) in [5, 5.41) is 4.70. The first-order valence-electron chi connectivity index (χ1n) is 7.40. The van der Waals surface area contributed by atoms with Gasteiger partial charge in [-0.25, -0.2) is 0 Å². The Balaban J connectivity index is 1.35. The van der Waals surface area contributed by atoms with Crippen LogP contribution in [-0.4, -0.2) is 48.1 Å². The van der Waals surface area contributed by atoms with Gasteiger partial charge in [-0.15, -0.1) is 0 Å². The Morgan fingerprint density at radius 2 is 1.94 bits per heavy atom. The van der Waals surface area contributed by atoms with Crippen LogP contribution < -0.4 is 5.32 Å². The maximum Gasteiger partial charge on any atom is 0.0147 e. The van der Waals surface area contributed by atoms with Crippen LogP contribution >= 0.6 is 11.8 Å². The molecule has 3 fully saturated rings. The normalized spacial score (nSPS) is 31.1. The van der Waals surface area contributed by atoms with Crippen LogP contribution in [0.5, 0.6) is 0 Å². The Hall–Kier alpha value is 0.270. The molecule has 3 rings (SSSR count). The van der Waals surface area contributed by atoms with Crippen molar-refractivity contribution in [2.75, 3.05) is 31.9 Å². The third kappa shape index (κ3) is 3.62. The summed E-state index contributed by atoms with van der Waals surface area (Å²) >= 11 is 2.13. The molecule has 0 spiro atoms. The van der Waals surface area contributed by atoms with E-state index in [0.29, 0.717) is 0 Å². The molecule has 1 unspecified atom stereocenters.